The zero-order valence-corrected chi connectivity index (χ0v) is 21.9. The fourth-order valence-electron chi connectivity index (χ4n) is 5.56. The molecule has 8 heteroatoms. The highest BCUT2D eigenvalue weighted by Crippen LogP contribution is 2.39. The van der Waals surface area contributed by atoms with E-state index in [2.05, 4.69) is 39.5 Å². The van der Waals surface area contributed by atoms with E-state index in [0.717, 1.165) is 36.3 Å². The first-order chi connectivity index (χ1) is 16.3. The summed E-state index contributed by atoms with van der Waals surface area (Å²) in [7, 11) is 0. The third-order valence-corrected chi connectivity index (χ3v) is 9.72. The number of aromatic nitrogens is 1. The van der Waals surface area contributed by atoms with E-state index in [-0.39, 0.29) is 12.1 Å². The van der Waals surface area contributed by atoms with Gasteiger partial charge in [-0.1, -0.05) is 66.7 Å². The molecule has 0 bridgehead atoms. The summed E-state index contributed by atoms with van der Waals surface area (Å²) in [4.78, 5) is 31.5. The van der Waals surface area contributed by atoms with Crippen LogP contribution < -0.4 is 5.32 Å². The first kappa shape index (κ1) is 25.3. The zero-order valence-electron chi connectivity index (χ0n) is 20.2. The molecule has 34 heavy (non-hydrogen) atoms. The number of aliphatic carboxylic acids is 1. The van der Waals surface area contributed by atoms with E-state index in [1.807, 2.05) is 0 Å². The quantitative estimate of drug-likeness (QED) is 0.393. The summed E-state index contributed by atoms with van der Waals surface area (Å²) in [6, 6.07) is 0.536. The van der Waals surface area contributed by atoms with Crippen LogP contribution in [0.3, 0.4) is 0 Å². The minimum Gasteiger partial charge on any atom is -0.480 e. The molecule has 186 valence electrons. The number of thioether (sulfide) groups is 1. The molecule has 1 aromatic rings. The standard InChI is InChI=1S/C26H37N3O3S2/c1-26(2,23(30)31)34-22-17-27-24(33-22)28-25(32)29(20-11-7-4-8-12-20)21-15-13-19(14-16-21)18-9-5-3-6-10-18/h3,5-6,9,17-21H,4,7-8,10-16H2,1-2H3,(H,30,31)(H,27,28,32)/t18?,19-,21-. The zero-order chi connectivity index (χ0) is 24.1. The van der Waals surface area contributed by atoms with Gasteiger partial charge in [0.05, 0.1) is 10.4 Å². The molecule has 2 amide bonds. The molecular formula is C26H37N3O3S2. The van der Waals surface area contributed by atoms with Crippen LogP contribution in [0, 0.1) is 11.8 Å². The van der Waals surface area contributed by atoms with Crippen LogP contribution in [-0.2, 0) is 4.79 Å². The van der Waals surface area contributed by atoms with Gasteiger partial charge in [0.15, 0.2) is 5.13 Å². The summed E-state index contributed by atoms with van der Waals surface area (Å²) in [5.41, 5.74) is 0. The van der Waals surface area contributed by atoms with Gasteiger partial charge in [0.25, 0.3) is 0 Å². The molecule has 1 atom stereocenters. The number of nitrogens with zero attached hydrogens (tertiary/aromatic N) is 2. The number of allylic oxidation sites excluding steroid dienone is 4. The topological polar surface area (TPSA) is 82.5 Å². The normalized spacial score (nSPS) is 25.8. The third-order valence-electron chi connectivity index (χ3n) is 7.53. The van der Waals surface area contributed by atoms with Crippen molar-refractivity contribution >= 4 is 40.2 Å². The number of hydrogen-bond donors (Lipinski definition) is 2. The SMILES string of the molecule is CC(C)(Sc1cnc(NC(=O)N(C2CCCCC2)[C@H]2CC[C@H](C3C=CC=CC3)CC2)s1)C(=O)O. The Bertz CT molecular complexity index is 912. The van der Waals surface area contributed by atoms with Gasteiger partial charge < -0.3 is 10.0 Å². The number of amides is 2. The summed E-state index contributed by atoms with van der Waals surface area (Å²) in [6.07, 6.45) is 22.0. The first-order valence-corrected chi connectivity index (χ1v) is 14.3. The van der Waals surface area contributed by atoms with Gasteiger partial charge >= 0.3 is 12.0 Å². The number of hydrogen-bond acceptors (Lipinski definition) is 5. The lowest BCUT2D eigenvalue weighted by molar-refractivity contribution is -0.138. The maximum atomic E-state index is 13.6. The Balaban J connectivity index is 1.41. The summed E-state index contributed by atoms with van der Waals surface area (Å²) in [5.74, 6) is 0.490. The highest BCUT2D eigenvalue weighted by Gasteiger charge is 2.36. The number of thiazole rings is 1. The molecule has 2 fully saturated rings. The monoisotopic (exact) mass is 503 g/mol. The molecule has 0 aromatic carbocycles. The summed E-state index contributed by atoms with van der Waals surface area (Å²) < 4.78 is -0.147. The lowest BCUT2D eigenvalue weighted by Crippen LogP contribution is -2.51. The Morgan fingerprint density at radius 1 is 1.09 bits per heavy atom. The average Bonchev–Trinajstić information content (AvgIpc) is 3.26. The van der Waals surface area contributed by atoms with Crippen molar-refractivity contribution in [2.24, 2.45) is 11.8 Å². The van der Waals surface area contributed by atoms with Crippen LogP contribution in [0.15, 0.2) is 34.7 Å². The highest BCUT2D eigenvalue weighted by atomic mass is 32.2. The van der Waals surface area contributed by atoms with Gasteiger partial charge in [-0.15, -0.1) is 0 Å². The van der Waals surface area contributed by atoms with Gasteiger partial charge in [-0.3, -0.25) is 10.1 Å². The number of anilines is 1. The van der Waals surface area contributed by atoms with E-state index < -0.39 is 10.7 Å². The summed E-state index contributed by atoms with van der Waals surface area (Å²) >= 11 is 2.61. The fraction of sp³-hybridized carbons (Fsp3) is 0.654. The Morgan fingerprint density at radius 3 is 2.44 bits per heavy atom. The predicted octanol–water partition coefficient (Wildman–Crippen LogP) is 6.96. The van der Waals surface area contributed by atoms with Crippen molar-refractivity contribution in [2.75, 3.05) is 5.32 Å². The summed E-state index contributed by atoms with van der Waals surface area (Å²) in [5, 5.41) is 13.0. The molecule has 0 aliphatic heterocycles. The Labute approximate surface area is 211 Å². The molecule has 6 nitrogen and oxygen atoms in total. The second kappa shape index (κ2) is 11.3. The molecular weight excluding hydrogens is 466 g/mol. The van der Waals surface area contributed by atoms with Crippen molar-refractivity contribution in [3.8, 4) is 0 Å². The van der Waals surface area contributed by atoms with Crippen molar-refractivity contribution in [1.82, 2.24) is 9.88 Å². The molecule has 2 saturated carbocycles. The highest BCUT2D eigenvalue weighted by molar-refractivity contribution is 8.03. The van der Waals surface area contributed by atoms with Crippen molar-refractivity contribution in [2.45, 2.75) is 99.1 Å². The van der Waals surface area contributed by atoms with Crippen LogP contribution >= 0.6 is 23.1 Å². The molecule has 0 saturated heterocycles. The third kappa shape index (κ3) is 6.25. The van der Waals surface area contributed by atoms with E-state index in [1.54, 1.807) is 20.0 Å². The maximum Gasteiger partial charge on any atom is 0.324 e. The van der Waals surface area contributed by atoms with E-state index in [4.69, 9.17) is 0 Å². The molecule has 4 rings (SSSR count). The van der Waals surface area contributed by atoms with Crippen LogP contribution in [0.4, 0.5) is 9.93 Å². The Kier molecular flexibility index (Phi) is 8.40. The summed E-state index contributed by atoms with van der Waals surface area (Å²) in [6.45, 7) is 3.36. The maximum absolute atomic E-state index is 13.6. The fourth-order valence-corrected chi connectivity index (χ4v) is 7.83. The second-order valence-electron chi connectivity index (χ2n) is 10.3. The van der Waals surface area contributed by atoms with Gasteiger partial charge in [-0.2, -0.15) is 0 Å². The van der Waals surface area contributed by atoms with Crippen molar-refractivity contribution in [3.05, 3.63) is 30.5 Å². The van der Waals surface area contributed by atoms with Gasteiger partial charge in [0.1, 0.15) is 4.75 Å². The second-order valence-corrected chi connectivity index (χ2v) is 13.3. The van der Waals surface area contributed by atoms with Crippen LogP contribution in [0.1, 0.15) is 78.1 Å². The Morgan fingerprint density at radius 2 is 1.79 bits per heavy atom. The molecule has 0 radical (unpaired) electrons. The smallest absolute Gasteiger partial charge is 0.324 e. The number of urea groups is 1. The van der Waals surface area contributed by atoms with Crippen LogP contribution in [0.5, 0.6) is 0 Å². The van der Waals surface area contributed by atoms with Crippen molar-refractivity contribution in [3.63, 3.8) is 0 Å². The lowest BCUT2D eigenvalue weighted by Gasteiger charge is -2.43. The molecule has 3 aliphatic rings. The van der Waals surface area contributed by atoms with Gasteiger partial charge in [-0.05, 0) is 70.6 Å². The van der Waals surface area contributed by atoms with Crippen LogP contribution in [-0.4, -0.2) is 43.8 Å². The minimum absolute atomic E-state index is 0.0424. The number of rotatable bonds is 7. The molecule has 0 spiro atoms. The number of carboxylic acid groups (broad SMARTS) is 1. The number of carbonyl (C=O) groups excluding carboxylic acids is 1. The van der Waals surface area contributed by atoms with E-state index in [0.29, 0.717) is 23.0 Å². The van der Waals surface area contributed by atoms with E-state index in [9.17, 15) is 14.7 Å². The number of carbonyl (C=O) groups is 2. The predicted molar refractivity (Wildman–Crippen MR) is 140 cm³/mol. The number of carboxylic acids is 1. The van der Waals surface area contributed by atoms with E-state index >= 15 is 0 Å². The van der Waals surface area contributed by atoms with E-state index in [1.165, 1.54) is 55.2 Å². The average molecular weight is 504 g/mol. The van der Waals surface area contributed by atoms with Crippen LogP contribution in [0.25, 0.3) is 0 Å². The van der Waals surface area contributed by atoms with Gasteiger partial charge in [0, 0.05) is 12.1 Å². The van der Waals surface area contributed by atoms with Crippen molar-refractivity contribution in [1.29, 1.82) is 0 Å². The van der Waals surface area contributed by atoms with Gasteiger partial charge in [0.2, 0.25) is 0 Å². The molecule has 3 aliphatic carbocycles. The molecule has 1 unspecified atom stereocenters. The minimum atomic E-state index is -0.941. The van der Waals surface area contributed by atoms with Crippen LogP contribution in [0.2, 0.25) is 0 Å². The molecule has 1 heterocycles. The first-order valence-electron chi connectivity index (χ1n) is 12.6. The number of nitrogens with one attached hydrogen (secondary N) is 1. The molecule has 2 N–H and O–H groups in total. The Hall–Kier alpha value is -1.80. The largest absolute Gasteiger partial charge is 0.480 e. The van der Waals surface area contributed by atoms with Crippen molar-refractivity contribution < 1.29 is 14.7 Å². The lowest BCUT2D eigenvalue weighted by atomic mass is 9.75. The molecule has 1 aromatic heterocycles. The van der Waals surface area contributed by atoms with Gasteiger partial charge in [-0.25, -0.2) is 9.78 Å².